The fourth-order valence-electron chi connectivity index (χ4n) is 6.83. The van der Waals surface area contributed by atoms with E-state index in [1.165, 1.54) is 19.3 Å². The highest BCUT2D eigenvalue weighted by atomic mass is 35.5. The molecule has 8 nitrogen and oxygen atoms in total. The Balaban J connectivity index is 1.29. The Morgan fingerprint density at radius 2 is 1.57 bits per heavy atom. The molecule has 0 bridgehead atoms. The number of carboxylic acids is 1. The second kappa shape index (κ2) is 13.8. The van der Waals surface area contributed by atoms with Crippen LogP contribution < -0.4 is 5.32 Å². The van der Waals surface area contributed by atoms with Gasteiger partial charge in [0.05, 0.1) is 27.8 Å². The molecule has 2 N–H and O–H groups in total. The zero-order valence-electron chi connectivity index (χ0n) is 27.6. The lowest BCUT2D eigenvalue weighted by molar-refractivity contribution is 0.0696. The molecule has 0 radical (unpaired) electrons. The molecular formula is C40H38ClN5O3. The number of likely N-dealkylation sites (N-methyl/N-ethyl adjacent to an activating group) is 1. The van der Waals surface area contributed by atoms with Crippen LogP contribution >= 0.6 is 11.6 Å². The summed E-state index contributed by atoms with van der Waals surface area (Å²) in [5.41, 5.74) is 7.75. The van der Waals surface area contributed by atoms with E-state index < -0.39 is 5.97 Å². The third kappa shape index (κ3) is 6.80. The van der Waals surface area contributed by atoms with Crippen LogP contribution in [0.15, 0.2) is 91.0 Å². The van der Waals surface area contributed by atoms with E-state index in [0.717, 1.165) is 69.6 Å². The molecule has 0 unspecified atom stereocenters. The minimum absolute atomic E-state index is 0.132. The van der Waals surface area contributed by atoms with Gasteiger partial charge in [0, 0.05) is 46.2 Å². The Hall–Kier alpha value is -5.05. The van der Waals surface area contributed by atoms with Crippen molar-refractivity contribution in [3.8, 4) is 33.8 Å². The van der Waals surface area contributed by atoms with Crippen molar-refractivity contribution >= 4 is 45.4 Å². The monoisotopic (exact) mass is 671 g/mol. The van der Waals surface area contributed by atoms with Crippen molar-refractivity contribution in [3.63, 3.8) is 0 Å². The van der Waals surface area contributed by atoms with Crippen molar-refractivity contribution < 1.29 is 14.7 Å². The number of hydrogen-bond donors (Lipinski definition) is 2. The van der Waals surface area contributed by atoms with Gasteiger partial charge in [-0.05, 0) is 105 Å². The van der Waals surface area contributed by atoms with Gasteiger partial charge in [0.1, 0.15) is 5.82 Å². The molecule has 0 saturated heterocycles. The normalized spacial score (nSPS) is 13.7. The lowest BCUT2D eigenvalue weighted by Gasteiger charge is -2.25. The molecule has 49 heavy (non-hydrogen) atoms. The van der Waals surface area contributed by atoms with Crippen LogP contribution in [0.25, 0.3) is 55.7 Å². The Morgan fingerprint density at radius 3 is 2.33 bits per heavy atom. The summed E-state index contributed by atoms with van der Waals surface area (Å²) >= 11 is 6.21. The maximum Gasteiger partial charge on any atom is 0.335 e. The Morgan fingerprint density at radius 1 is 0.816 bits per heavy atom. The molecule has 1 aliphatic carbocycles. The molecular weight excluding hydrogens is 634 g/mol. The number of carbonyl (C=O) groups is 2. The van der Waals surface area contributed by atoms with Crippen LogP contribution in [-0.4, -0.2) is 63.6 Å². The molecule has 9 heteroatoms. The van der Waals surface area contributed by atoms with Crippen LogP contribution in [0.1, 0.15) is 58.9 Å². The molecule has 248 valence electrons. The SMILES string of the molecule is CN(C)CCNC(=O)c1ccc(-c2ccc(Cl)cc2)c(-c2ccc3cc(-c4nc5cc(C(=O)O)ccc5n4C4CCCCC4)ccc3n2)c1. The molecule has 2 aromatic heterocycles. The van der Waals surface area contributed by atoms with Crippen LogP contribution in [0.3, 0.4) is 0 Å². The van der Waals surface area contributed by atoms with Gasteiger partial charge in [0.25, 0.3) is 5.91 Å². The molecule has 1 amide bonds. The van der Waals surface area contributed by atoms with E-state index in [9.17, 15) is 14.7 Å². The summed E-state index contributed by atoms with van der Waals surface area (Å²) in [6, 6.07) is 29.2. The summed E-state index contributed by atoms with van der Waals surface area (Å²) < 4.78 is 2.32. The number of imidazole rings is 1. The van der Waals surface area contributed by atoms with Crippen LogP contribution in [0.2, 0.25) is 5.02 Å². The number of carboxylic acid groups (broad SMARTS) is 1. The van der Waals surface area contributed by atoms with Gasteiger partial charge in [0.2, 0.25) is 0 Å². The number of pyridine rings is 1. The Bertz CT molecular complexity index is 2190. The highest BCUT2D eigenvalue weighted by Crippen LogP contribution is 2.38. The fourth-order valence-corrected chi connectivity index (χ4v) is 6.96. The number of amides is 1. The molecule has 2 heterocycles. The fraction of sp³-hybridized carbons (Fsp3) is 0.250. The molecule has 1 fully saturated rings. The van der Waals surface area contributed by atoms with Gasteiger partial charge in [0.15, 0.2) is 0 Å². The summed E-state index contributed by atoms with van der Waals surface area (Å²) in [5.74, 6) is -0.251. The average molecular weight is 672 g/mol. The topological polar surface area (TPSA) is 100 Å². The number of carbonyl (C=O) groups excluding carboxylic acids is 1. The van der Waals surface area contributed by atoms with Crippen LogP contribution in [0.4, 0.5) is 0 Å². The molecule has 1 aliphatic rings. The van der Waals surface area contributed by atoms with E-state index in [-0.39, 0.29) is 11.5 Å². The molecule has 1 saturated carbocycles. The maximum absolute atomic E-state index is 13.1. The van der Waals surface area contributed by atoms with Gasteiger partial charge in [-0.1, -0.05) is 55.1 Å². The number of aromatic carboxylic acids is 1. The van der Waals surface area contributed by atoms with Crippen molar-refractivity contribution in [1.82, 2.24) is 24.8 Å². The number of nitrogens with zero attached hydrogens (tertiary/aromatic N) is 4. The van der Waals surface area contributed by atoms with E-state index in [2.05, 4.69) is 22.0 Å². The molecule has 0 aliphatic heterocycles. The van der Waals surface area contributed by atoms with Gasteiger partial charge in [-0.2, -0.15) is 0 Å². The Kier molecular flexibility index (Phi) is 9.17. The largest absolute Gasteiger partial charge is 0.478 e. The van der Waals surface area contributed by atoms with E-state index >= 15 is 0 Å². The number of halogens is 1. The van der Waals surface area contributed by atoms with Crippen LogP contribution in [-0.2, 0) is 0 Å². The summed E-state index contributed by atoms with van der Waals surface area (Å²) in [6.07, 6.45) is 5.70. The molecule has 0 atom stereocenters. The van der Waals surface area contributed by atoms with Crippen LogP contribution in [0.5, 0.6) is 0 Å². The maximum atomic E-state index is 13.1. The molecule has 6 aromatic rings. The number of benzene rings is 4. The first kappa shape index (κ1) is 32.5. The summed E-state index contributed by atoms with van der Waals surface area (Å²) in [7, 11) is 3.95. The molecule has 7 rings (SSSR count). The van der Waals surface area contributed by atoms with E-state index in [1.807, 2.05) is 85.7 Å². The van der Waals surface area contributed by atoms with Crippen molar-refractivity contribution in [2.24, 2.45) is 0 Å². The van der Waals surface area contributed by atoms with Gasteiger partial charge >= 0.3 is 5.97 Å². The number of rotatable bonds is 9. The van der Waals surface area contributed by atoms with Crippen molar-refractivity contribution in [1.29, 1.82) is 0 Å². The first-order valence-electron chi connectivity index (χ1n) is 16.7. The van der Waals surface area contributed by atoms with Gasteiger partial charge in [-0.25, -0.2) is 14.8 Å². The minimum Gasteiger partial charge on any atom is -0.478 e. The quantitative estimate of drug-likeness (QED) is 0.159. The van der Waals surface area contributed by atoms with Gasteiger partial charge in [-0.15, -0.1) is 0 Å². The molecule has 4 aromatic carbocycles. The predicted molar refractivity (Wildman–Crippen MR) is 196 cm³/mol. The average Bonchev–Trinajstić information content (AvgIpc) is 3.50. The highest BCUT2D eigenvalue weighted by molar-refractivity contribution is 6.30. The second-order valence-corrected chi connectivity index (χ2v) is 13.5. The number of aromatic nitrogens is 3. The van der Waals surface area contributed by atoms with Crippen molar-refractivity contribution in [2.75, 3.05) is 27.2 Å². The van der Waals surface area contributed by atoms with Crippen molar-refractivity contribution in [2.45, 2.75) is 38.1 Å². The number of nitrogens with one attached hydrogen (secondary N) is 1. The van der Waals surface area contributed by atoms with Gasteiger partial charge in [-0.3, -0.25) is 4.79 Å². The standard InChI is InChI=1S/C40H38ClN5O3/c1-45(2)21-20-42-39(47)28-10-16-32(25-8-14-30(41)15-9-25)33(23-28)35-18-11-26-22-27(12-17-34(26)43-35)38-44-36-24-29(40(48)49)13-19-37(36)46(38)31-6-4-3-5-7-31/h8-19,22-24,31H,3-7,20-21H2,1-2H3,(H,42,47)(H,48,49). The van der Waals surface area contributed by atoms with Gasteiger partial charge < -0.3 is 19.9 Å². The number of hydrogen-bond acceptors (Lipinski definition) is 5. The smallest absolute Gasteiger partial charge is 0.335 e. The number of fused-ring (bicyclic) bond motifs is 2. The van der Waals surface area contributed by atoms with E-state index in [4.69, 9.17) is 21.6 Å². The lowest BCUT2D eigenvalue weighted by atomic mass is 9.94. The Labute approximate surface area is 290 Å². The van der Waals surface area contributed by atoms with Crippen molar-refractivity contribution in [3.05, 3.63) is 107 Å². The highest BCUT2D eigenvalue weighted by Gasteiger charge is 2.23. The third-order valence-electron chi connectivity index (χ3n) is 9.38. The first-order chi connectivity index (χ1) is 23.7. The first-order valence-corrected chi connectivity index (χ1v) is 17.1. The molecule has 0 spiro atoms. The van der Waals surface area contributed by atoms with Crippen LogP contribution in [0, 0.1) is 0 Å². The minimum atomic E-state index is -0.960. The van der Waals surface area contributed by atoms with E-state index in [1.54, 1.807) is 12.1 Å². The summed E-state index contributed by atoms with van der Waals surface area (Å²) in [4.78, 5) is 37.0. The zero-order chi connectivity index (χ0) is 34.1. The summed E-state index contributed by atoms with van der Waals surface area (Å²) in [5, 5.41) is 14.3. The lowest BCUT2D eigenvalue weighted by Crippen LogP contribution is -2.31. The third-order valence-corrected chi connectivity index (χ3v) is 9.63. The zero-order valence-corrected chi connectivity index (χ0v) is 28.4. The second-order valence-electron chi connectivity index (χ2n) is 13.0. The summed E-state index contributed by atoms with van der Waals surface area (Å²) in [6.45, 7) is 1.29. The predicted octanol–water partition coefficient (Wildman–Crippen LogP) is 8.73. The van der Waals surface area contributed by atoms with E-state index in [0.29, 0.717) is 28.7 Å².